The summed E-state index contributed by atoms with van der Waals surface area (Å²) in [5.74, 6) is 0. The molecule has 2 aromatic rings. The van der Waals surface area contributed by atoms with E-state index < -0.39 is 0 Å². The minimum absolute atomic E-state index is 0.657. The van der Waals surface area contributed by atoms with Crippen molar-refractivity contribution in [3.63, 3.8) is 0 Å². The van der Waals surface area contributed by atoms with Gasteiger partial charge in [-0.25, -0.2) is 18.3 Å². The van der Waals surface area contributed by atoms with E-state index in [1.54, 1.807) is 0 Å². The van der Waals surface area contributed by atoms with E-state index in [1.165, 1.54) is 141 Å². The molecule has 0 aliphatic rings. The fourth-order valence-corrected chi connectivity index (χ4v) is 5.96. The highest BCUT2D eigenvalue weighted by Crippen LogP contribution is 2.12. The molecule has 0 bridgehead atoms. The van der Waals surface area contributed by atoms with Gasteiger partial charge in [-0.1, -0.05) is 129 Å². The topological polar surface area (TPSA) is 36.1 Å². The molecule has 0 fully saturated rings. The van der Waals surface area contributed by atoms with Crippen LogP contribution in [0, 0.1) is 0 Å². The molecule has 0 spiro atoms. The number of aryl methyl sites for hydroxylation is 2. The van der Waals surface area contributed by atoms with Gasteiger partial charge in [0, 0.05) is 0 Å². The minimum atomic E-state index is 0.657. The van der Waals surface area contributed by atoms with Crippen molar-refractivity contribution in [3.05, 3.63) is 37.4 Å². The Hall–Kier alpha value is -1.66. The van der Waals surface area contributed by atoms with Crippen molar-refractivity contribution in [2.45, 2.75) is 194 Å². The molecule has 2 heterocycles. The second kappa shape index (κ2) is 28.8. The number of nitrogens with zero attached hydrogens (tertiary/aromatic N) is 4. The zero-order valence-electron chi connectivity index (χ0n) is 29.3. The van der Waals surface area contributed by atoms with E-state index in [9.17, 15) is 0 Å². The van der Waals surface area contributed by atoms with E-state index >= 15 is 0 Å². The van der Waals surface area contributed by atoms with E-state index in [-0.39, 0.29) is 0 Å². The highest BCUT2D eigenvalue weighted by molar-refractivity contribution is 4.67. The van der Waals surface area contributed by atoms with Crippen molar-refractivity contribution in [3.8, 4) is 0 Å². The van der Waals surface area contributed by atoms with Gasteiger partial charge in [-0.05, 0) is 38.5 Å². The first-order valence-corrected chi connectivity index (χ1v) is 19.1. The Bertz CT molecular complexity index is 794. The van der Waals surface area contributed by atoms with Gasteiger partial charge in [0.2, 0.25) is 12.7 Å². The van der Waals surface area contributed by atoms with Gasteiger partial charge in [0.05, 0.1) is 26.3 Å². The van der Waals surface area contributed by atoms with Crippen LogP contribution in [0.5, 0.6) is 0 Å². The zero-order chi connectivity index (χ0) is 31.2. The van der Waals surface area contributed by atoms with E-state index in [2.05, 4.69) is 69.6 Å². The maximum atomic E-state index is 5.91. The number of hydrogen-bond acceptors (Lipinski definition) is 2. The van der Waals surface area contributed by atoms with E-state index in [0.717, 1.165) is 39.1 Å². The average Bonchev–Trinajstić information content (AvgIpc) is 3.69. The molecule has 0 aromatic carbocycles. The summed E-state index contributed by atoms with van der Waals surface area (Å²) in [6.45, 7) is 9.80. The highest BCUT2D eigenvalue weighted by Gasteiger charge is 2.05. The van der Waals surface area contributed by atoms with Crippen LogP contribution in [0.25, 0.3) is 0 Å². The summed E-state index contributed by atoms with van der Waals surface area (Å²) in [5, 5.41) is 0. The standard InChI is InChI=1S/C38H72N4O2/c1-3-5-7-9-11-13-15-17-19-23-27-39-29-31-41(35-39)37-43-33-25-21-22-26-34-44-38-42-32-30-40(36-42)28-24-20-18-16-14-12-10-8-6-4-2/h29-32,35-36H,3-28,33-34,37-38H2,1-2H3/q+2. The number of unbranched alkanes of at least 4 members (excludes halogenated alkanes) is 21. The van der Waals surface area contributed by atoms with Crippen molar-refractivity contribution in [1.82, 2.24) is 9.13 Å². The van der Waals surface area contributed by atoms with Crippen LogP contribution in [0.4, 0.5) is 0 Å². The van der Waals surface area contributed by atoms with Gasteiger partial charge in [0.1, 0.15) is 24.8 Å². The Kier molecular flexibility index (Phi) is 25.2. The van der Waals surface area contributed by atoms with Crippen LogP contribution >= 0.6 is 0 Å². The summed E-state index contributed by atoms with van der Waals surface area (Å²) >= 11 is 0. The molecule has 0 N–H and O–H groups in total. The SMILES string of the molecule is CCCCCCCCCCCCn1cc[n+](COCCCCCCOC[n+]2ccn(CCCCCCCCCCCC)c2)c1. The third-order valence-electron chi connectivity index (χ3n) is 8.84. The van der Waals surface area contributed by atoms with Crippen molar-refractivity contribution < 1.29 is 18.6 Å². The fraction of sp³-hybridized carbons (Fsp3) is 0.842. The molecule has 6 heteroatoms. The summed E-state index contributed by atoms with van der Waals surface area (Å²) < 4.78 is 20.7. The van der Waals surface area contributed by atoms with Crippen LogP contribution in [0.3, 0.4) is 0 Å². The summed E-state index contributed by atoms with van der Waals surface area (Å²) in [7, 11) is 0. The van der Waals surface area contributed by atoms with Gasteiger partial charge in [-0.2, -0.15) is 0 Å². The molecule has 0 amide bonds. The number of imidazole rings is 2. The number of rotatable bonds is 33. The Morgan fingerprint density at radius 2 is 0.727 bits per heavy atom. The lowest BCUT2D eigenvalue weighted by Gasteiger charge is -2.03. The Labute approximate surface area is 272 Å². The molecule has 0 saturated carbocycles. The van der Waals surface area contributed by atoms with Crippen molar-refractivity contribution in [1.29, 1.82) is 0 Å². The molecule has 0 atom stereocenters. The van der Waals surface area contributed by atoms with Gasteiger partial charge in [0.15, 0.2) is 13.5 Å². The molecule has 0 aliphatic carbocycles. The maximum absolute atomic E-state index is 5.91. The monoisotopic (exact) mass is 617 g/mol. The molecular formula is C38H72N4O2+2. The summed E-state index contributed by atoms with van der Waals surface area (Å²) in [6.07, 6.45) is 45.5. The molecule has 0 unspecified atom stereocenters. The second-order valence-electron chi connectivity index (χ2n) is 13.2. The third kappa shape index (κ3) is 21.9. The Morgan fingerprint density at radius 3 is 1.09 bits per heavy atom. The predicted molar refractivity (Wildman–Crippen MR) is 183 cm³/mol. The lowest BCUT2D eigenvalue weighted by molar-refractivity contribution is -0.732. The first-order valence-electron chi connectivity index (χ1n) is 19.1. The number of aromatic nitrogens is 4. The summed E-state index contributed by atoms with van der Waals surface area (Å²) in [6, 6.07) is 0. The lowest BCUT2D eigenvalue weighted by atomic mass is 10.1. The van der Waals surface area contributed by atoms with Crippen LogP contribution in [0.1, 0.15) is 168 Å². The molecule has 6 nitrogen and oxygen atoms in total. The highest BCUT2D eigenvalue weighted by atomic mass is 16.5. The molecule has 2 rings (SSSR count). The van der Waals surface area contributed by atoms with E-state index in [0.29, 0.717) is 13.5 Å². The van der Waals surface area contributed by atoms with Crippen molar-refractivity contribution in [2.75, 3.05) is 13.2 Å². The normalized spacial score (nSPS) is 11.6. The Morgan fingerprint density at radius 1 is 0.409 bits per heavy atom. The number of ether oxygens (including phenoxy) is 2. The van der Waals surface area contributed by atoms with Gasteiger partial charge >= 0.3 is 0 Å². The van der Waals surface area contributed by atoms with Gasteiger partial charge in [-0.15, -0.1) is 0 Å². The maximum Gasteiger partial charge on any atom is 0.245 e. The molecule has 0 saturated heterocycles. The van der Waals surface area contributed by atoms with Crippen LogP contribution in [-0.2, 0) is 36.0 Å². The van der Waals surface area contributed by atoms with Crippen LogP contribution in [-0.4, -0.2) is 22.3 Å². The van der Waals surface area contributed by atoms with Gasteiger partial charge in [0.25, 0.3) is 0 Å². The smallest absolute Gasteiger partial charge is 0.245 e. The molecule has 44 heavy (non-hydrogen) atoms. The fourth-order valence-electron chi connectivity index (χ4n) is 5.96. The second-order valence-corrected chi connectivity index (χ2v) is 13.2. The van der Waals surface area contributed by atoms with Crippen LogP contribution in [0.15, 0.2) is 37.4 Å². The molecule has 0 aliphatic heterocycles. The Balaban J connectivity index is 1.32. The van der Waals surface area contributed by atoms with Gasteiger partial charge in [-0.3, -0.25) is 0 Å². The third-order valence-corrected chi connectivity index (χ3v) is 8.84. The number of hydrogen-bond donors (Lipinski definition) is 0. The molecule has 0 radical (unpaired) electrons. The average molecular weight is 617 g/mol. The van der Waals surface area contributed by atoms with Crippen LogP contribution < -0.4 is 9.13 Å². The molecule has 2 aromatic heterocycles. The lowest BCUT2D eigenvalue weighted by Crippen LogP contribution is -2.32. The minimum Gasteiger partial charge on any atom is -0.342 e. The first kappa shape index (κ1) is 38.5. The summed E-state index contributed by atoms with van der Waals surface area (Å²) in [5.41, 5.74) is 0. The van der Waals surface area contributed by atoms with E-state index in [1.807, 2.05) is 0 Å². The van der Waals surface area contributed by atoms with E-state index in [4.69, 9.17) is 9.47 Å². The summed E-state index contributed by atoms with van der Waals surface area (Å²) in [4.78, 5) is 0. The quantitative estimate of drug-likeness (QED) is 0.0591. The predicted octanol–water partition coefficient (Wildman–Crippen LogP) is 9.92. The van der Waals surface area contributed by atoms with Gasteiger partial charge < -0.3 is 9.47 Å². The molecule has 254 valence electrons. The van der Waals surface area contributed by atoms with Crippen molar-refractivity contribution in [2.24, 2.45) is 0 Å². The van der Waals surface area contributed by atoms with Crippen LogP contribution in [0.2, 0.25) is 0 Å². The largest absolute Gasteiger partial charge is 0.342 e. The molecular weight excluding hydrogens is 544 g/mol. The zero-order valence-corrected chi connectivity index (χ0v) is 29.3. The first-order chi connectivity index (χ1) is 21.8. The van der Waals surface area contributed by atoms with Crippen molar-refractivity contribution >= 4 is 0 Å².